The van der Waals surface area contributed by atoms with Crippen LogP contribution < -0.4 is 5.73 Å². The van der Waals surface area contributed by atoms with Gasteiger partial charge >= 0.3 is 31.1 Å². The molecule has 25 heavy (non-hydrogen) atoms. The van der Waals surface area contributed by atoms with Crippen molar-refractivity contribution in [2.75, 3.05) is 5.73 Å². The van der Waals surface area contributed by atoms with Crippen LogP contribution >= 0.6 is 11.3 Å². The summed E-state index contributed by atoms with van der Waals surface area (Å²) in [6.45, 7) is 4.08. The van der Waals surface area contributed by atoms with E-state index in [1.807, 2.05) is 36.6 Å². The van der Waals surface area contributed by atoms with E-state index in [0.29, 0.717) is 0 Å². The minimum Gasteiger partial charge on any atom is -0.541 e. The van der Waals surface area contributed by atoms with Gasteiger partial charge in [-0.05, 0) is 30.5 Å². The third kappa shape index (κ3) is 4.73. The molecule has 1 aliphatic carbocycles. The van der Waals surface area contributed by atoms with Crippen molar-refractivity contribution < 1.29 is 35.9 Å². The van der Waals surface area contributed by atoms with Gasteiger partial charge in [0.2, 0.25) is 0 Å². The molecule has 2 aromatic rings. The largest absolute Gasteiger partial charge is 2.00 e. The number of hydrogen-bond acceptors (Lipinski definition) is 4. The van der Waals surface area contributed by atoms with Crippen LogP contribution in [-0.4, -0.2) is 11.3 Å². The quantitative estimate of drug-likeness (QED) is 0.418. The third-order valence-electron chi connectivity index (χ3n) is 4.27. The Morgan fingerprint density at radius 1 is 1.36 bits per heavy atom. The van der Waals surface area contributed by atoms with E-state index < -0.39 is 0 Å². The van der Waals surface area contributed by atoms with Crippen molar-refractivity contribution in [3.63, 3.8) is 0 Å². The zero-order valence-corrected chi connectivity index (χ0v) is 19.7. The van der Waals surface area contributed by atoms with E-state index in [1.165, 1.54) is 0 Å². The summed E-state index contributed by atoms with van der Waals surface area (Å²) in [4.78, 5) is 15.9. The molecule has 1 heterocycles. The van der Waals surface area contributed by atoms with Crippen molar-refractivity contribution in [1.29, 1.82) is 0 Å². The van der Waals surface area contributed by atoms with Gasteiger partial charge in [-0.1, -0.05) is 37.6 Å². The summed E-state index contributed by atoms with van der Waals surface area (Å²) in [7, 11) is 0. The van der Waals surface area contributed by atoms with Crippen molar-refractivity contribution in [3.8, 4) is 11.3 Å². The Balaban J connectivity index is 0.00000156. The molecule has 0 bridgehead atoms. The maximum atomic E-state index is 11.2. The van der Waals surface area contributed by atoms with E-state index in [4.69, 9.17) is 10.7 Å². The van der Waals surface area contributed by atoms with E-state index in [9.17, 15) is 4.79 Å². The zero-order valence-electron chi connectivity index (χ0n) is 14.7. The molecule has 3 rings (SSSR count). The molecule has 0 saturated heterocycles. The van der Waals surface area contributed by atoms with Crippen molar-refractivity contribution in [1.82, 2.24) is 4.98 Å². The molecule has 0 fully saturated rings. The number of nitrogens with two attached hydrogens (primary N) is 1. The van der Waals surface area contributed by atoms with Crippen LogP contribution in [0.15, 0.2) is 41.8 Å². The molecule has 0 aliphatic heterocycles. The fourth-order valence-electron chi connectivity index (χ4n) is 2.75. The third-order valence-corrected chi connectivity index (χ3v) is 5.16. The summed E-state index contributed by atoms with van der Waals surface area (Å²) in [5.41, 5.74) is 10.7. The minimum absolute atomic E-state index is 0. The Hall–Kier alpha value is -1.15. The monoisotopic (exact) mass is 576 g/mol. The van der Waals surface area contributed by atoms with E-state index in [2.05, 4.69) is 25.4 Å². The second-order valence-electron chi connectivity index (χ2n) is 5.81. The number of rotatable bonds is 4. The summed E-state index contributed by atoms with van der Waals surface area (Å²) in [6.07, 6.45) is 9.23. The standard InChI is InChI=1S/C19H19N2OS.CH3.U/c1-3-13-4-5-15(9-16(13)10-22)19-21-18(11-23-19)14-6-7-17(20)12(2)8-14;;/h4-9,11,13,16H,3,20H2,1-2H3;1H3;/q2*-1;+2. The van der Waals surface area contributed by atoms with Crippen LogP contribution in [0.3, 0.4) is 0 Å². The molecule has 0 saturated carbocycles. The number of thiazole rings is 1. The Kier molecular flexibility index (Phi) is 8.34. The number of aromatic nitrogens is 1. The van der Waals surface area contributed by atoms with Gasteiger partial charge in [-0.3, -0.25) is 6.29 Å². The minimum atomic E-state index is -0.175. The van der Waals surface area contributed by atoms with E-state index in [0.717, 1.165) is 39.5 Å². The molecule has 0 amide bonds. The van der Waals surface area contributed by atoms with Gasteiger partial charge in [-0.2, -0.15) is 0 Å². The van der Waals surface area contributed by atoms with Crippen molar-refractivity contribution in [3.05, 3.63) is 59.8 Å². The molecule has 2 unspecified atom stereocenters. The van der Waals surface area contributed by atoms with Gasteiger partial charge < -0.3 is 18.0 Å². The van der Waals surface area contributed by atoms with Crippen LogP contribution in [-0.2, 0) is 4.79 Å². The summed E-state index contributed by atoms with van der Waals surface area (Å²) >= 11 is 1.59. The molecule has 1 aromatic heterocycles. The Morgan fingerprint density at radius 3 is 2.76 bits per heavy atom. The second-order valence-corrected chi connectivity index (χ2v) is 6.66. The zero-order chi connectivity index (χ0) is 16.4. The van der Waals surface area contributed by atoms with Gasteiger partial charge in [0.1, 0.15) is 5.01 Å². The number of anilines is 1. The van der Waals surface area contributed by atoms with Gasteiger partial charge in [0.05, 0.1) is 5.69 Å². The fraction of sp³-hybridized carbons (Fsp3) is 0.250. The van der Waals surface area contributed by atoms with Crippen LogP contribution in [0.1, 0.15) is 23.9 Å². The Bertz CT molecular complexity index is 795. The predicted octanol–water partition coefficient (Wildman–Crippen LogP) is 4.86. The number of nitrogens with zero attached hydrogens (tertiary/aromatic N) is 1. The summed E-state index contributed by atoms with van der Waals surface area (Å²) < 4.78 is 0. The van der Waals surface area contributed by atoms with Gasteiger partial charge in [-0.25, -0.2) is 4.98 Å². The molecular formula is C20H22N2OSU. The number of nitrogen functional groups attached to an aromatic ring is 1. The predicted molar refractivity (Wildman–Crippen MR) is 103 cm³/mol. The maximum absolute atomic E-state index is 11.2. The number of carbonyl (C=O) groups excluding carboxylic acids is 1. The first-order valence-electron chi connectivity index (χ1n) is 7.72. The van der Waals surface area contributed by atoms with Crippen molar-refractivity contribution >= 4 is 28.9 Å². The smallest absolute Gasteiger partial charge is 0.541 e. The molecule has 0 spiro atoms. The van der Waals surface area contributed by atoms with E-state index in [-0.39, 0.29) is 50.4 Å². The molecule has 3 nitrogen and oxygen atoms in total. The number of allylic oxidation sites excluding steroid dienone is 4. The van der Waals surface area contributed by atoms with Crippen LogP contribution in [0.4, 0.5) is 5.69 Å². The fourth-order valence-corrected chi connectivity index (χ4v) is 3.58. The van der Waals surface area contributed by atoms with Gasteiger partial charge in [0.25, 0.3) is 0 Å². The number of aryl methyl sites for hydroxylation is 1. The number of benzene rings is 1. The SMILES string of the molecule is CCC1C=CC(c2nc(-c3ccc(N)c(C)c3)cs2)=CC1[C-]=O.[CH3-].[U+2]. The first kappa shape index (κ1) is 21.9. The van der Waals surface area contributed by atoms with Crippen LogP contribution in [0, 0.1) is 57.3 Å². The molecule has 1 aromatic carbocycles. The van der Waals surface area contributed by atoms with Crippen LogP contribution in [0.2, 0.25) is 0 Å². The average Bonchev–Trinajstić information content (AvgIpc) is 3.06. The maximum Gasteiger partial charge on any atom is 2.00 e. The Morgan fingerprint density at radius 2 is 2.12 bits per heavy atom. The summed E-state index contributed by atoms with van der Waals surface area (Å²) in [5, 5.41) is 2.97. The summed E-state index contributed by atoms with van der Waals surface area (Å²) in [6, 6.07) is 5.95. The Labute approximate surface area is 177 Å². The molecule has 2 atom stereocenters. The molecule has 128 valence electrons. The summed E-state index contributed by atoms with van der Waals surface area (Å²) in [5.74, 6) is 0.0709. The molecule has 5 heteroatoms. The van der Waals surface area contributed by atoms with Gasteiger partial charge in [0, 0.05) is 22.2 Å². The van der Waals surface area contributed by atoms with Crippen molar-refractivity contribution in [2.45, 2.75) is 20.3 Å². The van der Waals surface area contributed by atoms with E-state index in [1.54, 1.807) is 11.3 Å². The van der Waals surface area contributed by atoms with Gasteiger partial charge in [0.15, 0.2) is 0 Å². The second kappa shape index (κ2) is 9.52. The normalized spacial score (nSPS) is 18.7. The van der Waals surface area contributed by atoms with E-state index >= 15 is 0 Å². The van der Waals surface area contributed by atoms with Crippen molar-refractivity contribution in [2.24, 2.45) is 11.8 Å². The topological polar surface area (TPSA) is 56.0 Å². The number of hydrogen-bond donors (Lipinski definition) is 1. The molecular weight excluding hydrogens is 554 g/mol. The van der Waals surface area contributed by atoms with Crippen LogP contribution in [0.25, 0.3) is 16.8 Å². The molecule has 0 radical (unpaired) electrons. The average molecular weight is 577 g/mol. The van der Waals surface area contributed by atoms with Crippen LogP contribution in [0.5, 0.6) is 0 Å². The molecule has 1 aliphatic rings. The first-order valence-corrected chi connectivity index (χ1v) is 8.60. The molecule has 2 N–H and O–H groups in total. The first-order chi connectivity index (χ1) is 11.1. The van der Waals surface area contributed by atoms with Gasteiger partial charge in [-0.15, -0.1) is 17.3 Å².